The van der Waals surface area contributed by atoms with E-state index in [2.05, 4.69) is 10.3 Å². The van der Waals surface area contributed by atoms with Crippen LogP contribution in [0.1, 0.15) is 56.9 Å². The number of carbonyl (C=O) groups is 4. The molecule has 1 unspecified atom stereocenters. The minimum absolute atomic E-state index is 0.0315. The van der Waals surface area contributed by atoms with Crippen LogP contribution in [0, 0.1) is 11.8 Å². The number of aromatic nitrogens is 1. The van der Waals surface area contributed by atoms with Crippen LogP contribution in [-0.4, -0.2) is 63.9 Å². The number of fused-ring (bicyclic) bond motifs is 3. The van der Waals surface area contributed by atoms with Crippen molar-refractivity contribution in [3.8, 4) is 0 Å². The second kappa shape index (κ2) is 13.1. The third-order valence-corrected chi connectivity index (χ3v) is 6.19. The molecular formula is C28H35N3O7. The molecule has 2 bridgehead atoms. The van der Waals surface area contributed by atoms with Gasteiger partial charge in [-0.1, -0.05) is 56.7 Å². The molecule has 1 aromatic heterocycles. The molecule has 204 valence electrons. The van der Waals surface area contributed by atoms with Crippen molar-refractivity contribution >= 4 is 23.6 Å². The average molecular weight is 526 g/mol. The number of Topliss-reactive ketones (excluding diaryl/α,β-unsaturated/α-hetero) is 1. The summed E-state index contributed by atoms with van der Waals surface area (Å²) in [6, 6.07) is 0. The number of aliphatic hydroxyl groups is 1. The summed E-state index contributed by atoms with van der Waals surface area (Å²) in [7, 11) is 0. The zero-order valence-corrected chi connectivity index (χ0v) is 22.2. The minimum atomic E-state index is -1.01. The Morgan fingerprint density at radius 2 is 1.95 bits per heavy atom. The van der Waals surface area contributed by atoms with Gasteiger partial charge in [0.05, 0.1) is 12.5 Å². The predicted molar refractivity (Wildman–Crippen MR) is 139 cm³/mol. The molecule has 0 spiro atoms. The van der Waals surface area contributed by atoms with Gasteiger partial charge in [-0.2, -0.15) is 0 Å². The van der Waals surface area contributed by atoms with Crippen molar-refractivity contribution in [1.29, 1.82) is 0 Å². The lowest BCUT2D eigenvalue weighted by atomic mass is 9.94. The number of hydrogen-bond acceptors (Lipinski definition) is 8. The number of ether oxygens (including phenoxy) is 1. The molecule has 3 atom stereocenters. The summed E-state index contributed by atoms with van der Waals surface area (Å²) in [6.07, 6.45) is 9.48. The van der Waals surface area contributed by atoms with E-state index in [0.29, 0.717) is 6.42 Å². The van der Waals surface area contributed by atoms with E-state index in [0.717, 1.165) is 11.8 Å². The highest BCUT2D eigenvalue weighted by atomic mass is 16.5. The molecular weight excluding hydrogens is 490 g/mol. The van der Waals surface area contributed by atoms with E-state index in [9.17, 15) is 24.3 Å². The summed E-state index contributed by atoms with van der Waals surface area (Å²) in [4.78, 5) is 56.3. The van der Waals surface area contributed by atoms with E-state index < -0.39 is 24.1 Å². The molecule has 2 aliphatic heterocycles. The number of esters is 1. The summed E-state index contributed by atoms with van der Waals surface area (Å²) in [5, 5.41) is 13.0. The van der Waals surface area contributed by atoms with Crippen LogP contribution in [0.25, 0.3) is 0 Å². The molecule has 0 radical (unpaired) electrons. The molecule has 0 saturated heterocycles. The number of cyclic esters (lactones) is 1. The normalized spacial score (nSPS) is 27.6. The maximum Gasteiger partial charge on any atom is 0.355 e. The number of oxazole rings is 1. The van der Waals surface area contributed by atoms with Gasteiger partial charge in [0.15, 0.2) is 5.69 Å². The topological polar surface area (TPSA) is 139 Å². The molecule has 3 rings (SSSR count). The first-order chi connectivity index (χ1) is 18.0. The van der Waals surface area contributed by atoms with Gasteiger partial charge >= 0.3 is 5.97 Å². The maximum atomic E-state index is 13.1. The molecule has 0 aliphatic carbocycles. The number of hydrogen-bond donors (Lipinski definition) is 2. The van der Waals surface area contributed by atoms with Gasteiger partial charge in [0, 0.05) is 25.4 Å². The van der Waals surface area contributed by atoms with Crippen LogP contribution in [0.3, 0.4) is 0 Å². The molecule has 2 N–H and O–H groups in total. The number of carbonyl (C=O) groups excluding carboxylic acids is 4. The molecule has 10 heteroatoms. The Morgan fingerprint density at radius 3 is 2.68 bits per heavy atom. The highest BCUT2D eigenvalue weighted by Gasteiger charge is 2.33. The molecule has 2 aliphatic rings. The molecule has 1 aromatic rings. The zero-order chi connectivity index (χ0) is 27.8. The third-order valence-electron chi connectivity index (χ3n) is 6.19. The Hall–Kier alpha value is -3.79. The van der Waals surface area contributed by atoms with Crippen LogP contribution in [0.4, 0.5) is 0 Å². The Bertz CT molecular complexity index is 1170. The molecule has 38 heavy (non-hydrogen) atoms. The number of nitrogens with zero attached hydrogens (tertiary/aromatic N) is 2. The van der Waals surface area contributed by atoms with Gasteiger partial charge in [0.1, 0.15) is 23.8 Å². The fraction of sp³-hybridized carbons (Fsp3) is 0.464. The standard InChI is InChI=1S/C28H35N3O7/c1-17(2)26-19(4)9-10-24(34)29-11-5-7-18(3)13-20(32)14-21(33)15-25-30-22(16-37-25)27(35)31-12-6-8-23(31)28(36)38-26/h5,7-10,13,16-17,19-20,26,32H,6,11-12,14-15H2,1-4H3,(H,29,34)/b7-5+,10-9+,18-13+/t19-,20-,26?/m1/s1. The zero-order valence-electron chi connectivity index (χ0n) is 22.2. The van der Waals surface area contributed by atoms with Crippen molar-refractivity contribution in [2.75, 3.05) is 13.1 Å². The second-order valence-corrected chi connectivity index (χ2v) is 9.84. The Balaban J connectivity index is 1.86. The molecule has 2 amide bonds. The third kappa shape index (κ3) is 7.85. The smallest absolute Gasteiger partial charge is 0.355 e. The van der Waals surface area contributed by atoms with Crippen LogP contribution >= 0.6 is 0 Å². The van der Waals surface area contributed by atoms with Gasteiger partial charge in [-0.05, 0) is 25.3 Å². The number of ketones is 1. The van der Waals surface area contributed by atoms with Gasteiger partial charge < -0.3 is 24.5 Å². The fourth-order valence-electron chi connectivity index (χ4n) is 4.33. The predicted octanol–water partition coefficient (Wildman–Crippen LogP) is 2.66. The lowest BCUT2D eigenvalue weighted by Gasteiger charge is -2.27. The summed E-state index contributed by atoms with van der Waals surface area (Å²) in [5.41, 5.74) is 0.809. The van der Waals surface area contributed by atoms with Crippen molar-refractivity contribution in [3.63, 3.8) is 0 Å². The number of amides is 2. The first kappa shape index (κ1) is 28.8. The van der Waals surface area contributed by atoms with E-state index in [1.54, 1.807) is 37.3 Å². The monoisotopic (exact) mass is 525 g/mol. The maximum absolute atomic E-state index is 13.1. The molecule has 0 saturated carbocycles. The number of rotatable bonds is 1. The van der Waals surface area contributed by atoms with Gasteiger partial charge in [-0.3, -0.25) is 14.4 Å². The van der Waals surface area contributed by atoms with E-state index in [1.807, 2.05) is 20.8 Å². The largest absolute Gasteiger partial charge is 0.457 e. The van der Waals surface area contributed by atoms with Crippen LogP contribution in [0.5, 0.6) is 0 Å². The van der Waals surface area contributed by atoms with Crippen LogP contribution in [0.2, 0.25) is 0 Å². The van der Waals surface area contributed by atoms with E-state index in [-0.39, 0.29) is 66.7 Å². The van der Waals surface area contributed by atoms with Gasteiger partial charge in [0.2, 0.25) is 11.8 Å². The van der Waals surface area contributed by atoms with Gasteiger partial charge in [-0.15, -0.1) is 0 Å². The summed E-state index contributed by atoms with van der Waals surface area (Å²) < 4.78 is 11.1. The highest BCUT2D eigenvalue weighted by molar-refractivity contribution is 6.00. The molecule has 0 fully saturated rings. The SMILES string of the molecule is CC1=C\[C@@H](O)CC(=O)Cc2nc(co2)C(=O)N2CCC=C2C(=O)OC(C(C)C)[C@H](C)/C=C/C(=O)NC\C=C\1. The average Bonchev–Trinajstić information content (AvgIpc) is 3.52. The van der Waals surface area contributed by atoms with Crippen LogP contribution < -0.4 is 5.32 Å². The quantitative estimate of drug-likeness (QED) is 0.534. The van der Waals surface area contributed by atoms with Crippen molar-refractivity contribution < 1.29 is 33.4 Å². The number of aliphatic hydroxyl groups excluding tert-OH is 1. The lowest BCUT2D eigenvalue weighted by molar-refractivity contribution is -0.149. The fourth-order valence-corrected chi connectivity index (χ4v) is 4.33. The molecule has 10 nitrogen and oxygen atoms in total. The summed E-state index contributed by atoms with van der Waals surface area (Å²) in [5.74, 6) is -2.07. The van der Waals surface area contributed by atoms with Crippen LogP contribution in [-0.2, 0) is 25.5 Å². The first-order valence-corrected chi connectivity index (χ1v) is 12.7. The van der Waals surface area contributed by atoms with Gasteiger partial charge in [0.25, 0.3) is 5.91 Å². The Labute approximate surface area is 222 Å². The number of nitrogens with one attached hydrogen (secondary N) is 1. The molecule has 3 heterocycles. The minimum Gasteiger partial charge on any atom is -0.457 e. The summed E-state index contributed by atoms with van der Waals surface area (Å²) in [6.45, 7) is 8.00. The van der Waals surface area contributed by atoms with Crippen molar-refractivity contribution in [2.24, 2.45) is 11.8 Å². The highest BCUT2D eigenvalue weighted by Crippen LogP contribution is 2.24. The van der Waals surface area contributed by atoms with E-state index in [4.69, 9.17) is 9.15 Å². The van der Waals surface area contributed by atoms with Crippen molar-refractivity contribution in [3.05, 3.63) is 65.6 Å². The first-order valence-electron chi connectivity index (χ1n) is 12.7. The van der Waals surface area contributed by atoms with Crippen LogP contribution in [0.15, 0.2) is 58.4 Å². The molecule has 0 aromatic carbocycles. The van der Waals surface area contributed by atoms with Crippen molar-refractivity contribution in [2.45, 2.75) is 59.2 Å². The Morgan fingerprint density at radius 1 is 1.18 bits per heavy atom. The lowest BCUT2D eigenvalue weighted by Crippen LogP contribution is -2.36. The second-order valence-electron chi connectivity index (χ2n) is 9.84. The van der Waals surface area contributed by atoms with Gasteiger partial charge in [-0.25, -0.2) is 9.78 Å². The van der Waals surface area contributed by atoms with E-state index in [1.165, 1.54) is 11.0 Å². The Kier molecular flexibility index (Phi) is 9.95. The number of allylic oxidation sites excluding steroid dienone is 2. The van der Waals surface area contributed by atoms with Crippen molar-refractivity contribution in [1.82, 2.24) is 15.2 Å². The van der Waals surface area contributed by atoms with E-state index >= 15 is 0 Å². The summed E-state index contributed by atoms with van der Waals surface area (Å²) >= 11 is 0.